The quantitative estimate of drug-likeness (QED) is 0.871. The highest BCUT2D eigenvalue weighted by Gasteiger charge is 2.30. The second kappa shape index (κ2) is 5.84. The van der Waals surface area contributed by atoms with Crippen LogP contribution >= 0.6 is 0 Å². The Hall–Kier alpha value is -1.20. The van der Waals surface area contributed by atoms with E-state index in [1.54, 1.807) is 0 Å². The molecule has 1 N–H and O–H groups in total. The molecule has 3 rings (SSSR count). The first kappa shape index (κ1) is 12.8. The van der Waals surface area contributed by atoms with Crippen LogP contribution in [0.25, 0.3) is 0 Å². The largest absolute Gasteiger partial charge is 0.352 e. The van der Waals surface area contributed by atoms with Gasteiger partial charge in [0, 0.05) is 32.2 Å². The number of aromatic nitrogens is 2. The molecule has 2 aliphatic rings. The van der Waals surface area contributed by atoms with Crippen LogP contribution in [0.4, 0.5) is 5.82 Å². The Labute approximate surface area is 115 Å². The topological polar surface area (TPSA) is 44.3 Å². The van der Waals surface area contributed by atoms with E-state index in [1.165, 1.54) is 25.9 Å². The molecule has 1 unspecified atom stereocenters. The summed E-state index contributed by atoms with van der Waals surface area (Å²) in [6.45, 7) is 8.52. The van der Waals surface area contributed by atoms with Crippen molar-refractivity contribution in [1.82, 2.24) is 20.4 Å². The first-order valence-corrected chi connectivity index (χ1v) is 7.39. The lowest BCUT2D eigenvalue weighted by Crippen LogP contribution is -2.50. The van der Waals surface area contributed by atoms with Gasteiger partial charge >= 0.3 is 0 Å². The molecule has 19 heavy (non-hydrogen) atoms. The summed E-state index contributed by atoms with van der Waals surface area (Å²) in [6.07, 6.45) is 2.69. The summed E-state index contributed by atoms with van der Waals surface area (Å²) in [4.78, 5) is 5.00. The predicted octanol–water partition coefficient (Wildman–Crippen LogP) is 0.870. The van der Waals surface area contributed by atoms with Crippen LogP contribution in [0.3, 0.4) is 0 Å². The van der Waals surface area contributed by atoms with Crippen LogP contribution in [0.1, 0.15) is 25.5 Å². The minimum Gasteiger partial charge on any atom is -0.352 e. The summed E-state index contributed by atoms with van der Waals surface area (Å²) in [5, 5.41) is 12.0. The van der Waals surface area contributed by atoms with Gasteiger partial charge in [0.15, 0.2) is 5.82 Å². The zero-order chi connectivity index (χ0) is 13.1. The molecule has 1 aromatic rings. The van der Waals surface area contributed by atoms with Crippen molar-refractivity contribution in [1.29, 1.82) is 0 Å². The highest BCUT2D eigenvalue weighted by atomic mass is 15.3. The third-order valence-electron chi connectivity index (χ3n) is 4.17. The van der Waals surface area contributed by atoms with Gasteiger partial charge in [0.2, 0.25) is 0 Å². The van der Waals surface area contributed by atoms with Gasteiger partial charge in [0.1, 0.15) is 0 Å². The fourth-order valence-corrected chi connectivity index (χ4v) is 3.07. The molecule has 2 fully saturated rings. The van der Waals surface area contributed by atoms with E-state index in [0.29, 0.717) is 0 Å². The molecule has 0 radical (unpaired) electrons. The van der Waals surface area contributed by atoms with E-state index in [1.807, 2.05) is 0 Å². The van der Waals surface area contributed by atoms with E-state index in [-0.39, 0.29) is 0 Å². The third-order valence-corrected chi connectivity index (χ3v) is 4.17. The minimum absolute atomic E-state index is 0.733. The molecule has 0 aliphatic carbocycles. The molecule has 104 valence electrons. The number of hydrogen-bond acceptors (Lipinski definition) is 5. The normalized spacial score (nSPS) is 23.6. The van der Waals surface area contributed by atoms with Gasteiger partial charge in [-0.15, -0.1) is 5.10 Å². The number of nitrogens with zero attached hydrogens (tertiary/aromatic N) is 4. The molecule has 0 aromatic carbocycles. The number of anilines is 1. The van der Waals surface area contributed by atoms with Gasteiger partial charge in [-0.05, 0) is 38.1 Å². The number of rotatable bonds is 4. The molecule has 3 heterocycles. The SMILES string of the molecule is CCNCc1ccc(N2CCN3CCCC3C2)nn1. The van der Waals surface area contributed by atoms with Crippen molar-refractivity contribution in [2.75, 3.05) is 37.6 Å². The zero-order valence-corrected chi connectivity index (χ0v) is 11.7. The first-order valence-electron chi connectivity index (χ1n) is 7.39. The van der Waals surface area contributed by atoms with E-state index in [4.69, 9.17) is 0 Å². The highest BCUT2D eigenvalue weighted by molar-refractivity contribution is 5.38. The van der Waals surface area contributed by atoms with Crippen molar-refractivity contribution in [2.45, 2.75) is 32.4 Å². The van der Waals surface area contributed by atoms with Crippen LogP contribution < -0.4 is 10.2 Å². The predicted molar refractivity (Wildman–Crippen MR) is 76.2 cm³/mol. The van der Waals surface area contributed by atoms with Crippen molar-refractivity contribution in [3.63, 3.8) is 0 Å². The summed E-state index contributed by atoms with van der Waals surface area (Å²) in [5.41, 5.74) is 1.02. The molecule has 1 atom stereocenters. The average molecular weight is 261 g/mol. The van der Waals surface area contributed by atoms with E-state index < -0.39 is 0 Å². The van der Waals surface area contributed by atoms with Crippen molar-refractivity contribution in [3.8, 4) is 0 Å². The highest BCUT2D eigenvalue weighted by Crippen LogP contribution is 2.23. The summed E-state index contributed by atoms with van der Waals surface area (Å²) in [6, 6.07) is 4.94. The van der Waals surface area contributed by atoms with Crippen molar-refractivity contribution < 1.29 is 0 Å². The fourth-order valence-electron chi connectivity index (χ4n) is 3.07. The first-order chi connectivity index (χ1) is 9.36. The number of nitrogens with one attached hydrogen (secondary N) is 1. The molecule has 5 heteroatoms. The summed E-state index contributed by atoms with van der Waals surface area (Å²) < 4.78 is 0. The Bertz CT molecular complexity index is 405. The van der Waals surface area contributed by atoms with Gasteiger partial charge in [0.25, 0.3) is 0 Å². The molecule has 2 saturated heterocycles. The van der Waals surface area contributed by atoms with Crippen LogP contribution in [-0.4, -0.2) is 53.9 Å². The number of hydrogen-bond donors (Lipinski definition) is 1. The summed E-state index contributed by atoms with van der Waals surface area (Å²) in [7, 11) is 0. The van der Waals surface area contributed by atoms with Crippen molar-refractivity contribution in [2.24, 2.45) is 0 Å². The molecule has 0 spiro atoms. The van der Waals surface area contributed by atoms with Crippen molar-refractivity contribution >= 4 is 5.82 Å². The molecule has 0 bridgehead atoms. The lowest BCUT2D eigenvalue weighted by Gasteiger charge is -2.37. The van der Waals surface area contributed by atoms with Gasteiger partial charge < -0.3 is 10.2 Å². The molecule has 0 saturated carbocycles. The Balaban J connectivity index is 1.62. The number of fused-ring (bicyclic) bond motifs is 1. The van der Waals surface area contributed by atoms with E-state index >= 15 is 0 Å². The molecular weight excluding hydrogens is 238 g/mol. The molecule has 5 nitrogen and oxygen atoms in total. The molecule has 1 aromatic heterocycles. The zero-order valence-electron chi connectivity index (χ0n) is 11.7. The second-order valence-electron chi connectivity index (χ2n) is 5.44. The molecular formula is C14H23N5. The van der Waals surface area contributed by atoms with Crippen LogP contribution in [0, 0.1) is 0 Å². The van der Waals surface area contributed by atoms with Gasteiger partial charge in [-0.3, -0.25) is 4.90 Å². The lowest BCUT2D eigenvalue weighted by atomic mass is 10.1. The summed E-state index contributed by atoms with van der Waals surface area (Å²) in [5.74, 6) is 1.03. The monoisotopic (exact) mass is 261 g/mol. The Kier molecular flexibility index (Phi) is 3.94. The van der Waals surface area contributed by atoms with E-state index in [9.17, 15) is 0 Å². The van der Waals surface area contributed by atoms with E-state index in [2.05, 4.69) is 44.4 Å². The number of piperazine rings is 1. The van der Waals surface area contributed by atoms with E-state index in [0.717, 1.165) is 43.7 Å². The van der Waals surface area contributed by atoms with Gasteiger partial charge in [-0.1, -0.05) is 6.92 Å². The average Bonchev–Trinajstić information content (AvgIpc) is 2.93. The van der Waals surface area contributed by atoms with Crippen LogP contribution in [-0.2, 0) is 6.54 Å². The maximum absolute atomic E-state index is 4.39. The van der Waals surface area contributed by atoms with Crippen LogP contribution in [0.2, 0.25) is 0 Å². The maximum Gasteiger partial charge on any atom is 0.151 e. The Morgan fingerprint density at radius 2 is 2.21 bits per heavy atom. The molecule has 2 aliphatic heterocycles. The maximum atomic E-state index is 4.39. The standard InChI is InChI=1S/C14H23N5/c1-2-15-10-12-5-6-14(17-16-12)19-9-8-18-7-3-4-13(18)11-19/h5-6,13,15H,2-4,7-11H2,1H3. The van der Waals surface area contributed by atoms with Gasteiger partial charge in [-0.25, -0.2) is 0 Å². The molecule has 0 amide bonds. The minimum atomic E-state index is 0.733. The van der Waals surface area contributed by atoms with Crippen molar-refractivity contribution in [3.05, 3.63) is 17.8 Å². The summed E-state index contributed by atoms with van der Waals surface area (Å²) >= 11 is 0. The Morgan fingerprint density at radius 1 is 1.26 bits per heavy atom. The van der Waals surface area contributed by atoms with Gasteiger partial charge in [-0.2, -0.15) is 5.10 Å². The second-order valence-corrected chi connectivity index (χ2v) is 5.44. The fraction of sp³-hybridized carbons (Fsp3) is 0.714. The van der Waals surface area contributed by atoms with Crippen LogP contribution in [0.5, 0.6) is 0 Å². The Morgan fingerprint density at radius 3 is 3.00 bits per heavy atom. The van der Waals surface area contributed by atoms with Gasteiger partial charge in [0.05, 0.1) is 5.69 Å². The third kappa shape index (κ3) is 2.87. The van der Waals surface area contributed by atoms with Crippen LogP contribution in [0.15, 0.2) is 12.1 Å². The lowest BCUT2D eigenvalue weighted by molar-refractivity contribution is 0.230. The smallest absolute Gasteiger partial charge is 0.151 e.